The van der Waals surface area contributed by atoms with Gasteiger partial charge in [0.25, 0.3) is 0 Å². The number of nitro benzene ring substituents is 1. The Kier molecular flexibility index (Phi) is 3.49. The second-order valence-electron chi connectivity index (χ2n) is 3.34. The van der Waals surface area contributed by atoms with E-state index >= 15 is 0 Å². The van der Waals surface area contributed by atoms with Crippen LogP contribution in [0.25, 0.3) is 0 Å². The molecule has 0 bridgehead atoms. The van der Waals surface area contributed by atoms with Crippen LogP contribution in [0, 0.1) is 15.9 Å². The maximum absolute atomic E-state index is 13.0. The van der Waals surface area contributed by atoms with Crippen molar-refractivity contribution in [3.05, 3.63) is 51.6 Å². The summed E-state index contributed by atoms with van der Waals surface area (Å²) in [5.74, 6) is -1.49. The normalized spacial score (nSPS) is 11.2. The van der Waals surface area contributed by atoms with E-state index < -0.39 is 32.3 Å². The zero-order chi connectivity index (χ0) is 14.0. The molecule has 0 radical (unpaired) electrons. The van der Waals surface area contributed by atoms with Crippen molar-refractivity contribution >= 4 is 27.1 Å². The summed E-state index contributed by atoms with van der Waals surface area (Å²) in [7, 11) is -4.20. The van der Waals surface area contributed by atoms with Crippen LogP contribution in [-0.4, -0.2) is 13.3 Å². The molecule has 0 fully saturated rings. The number of nitro groups is 1. The molecule has 0 atom stereocenters. The van der Waals surface area contributed by atoms with E-state index in [4.69, 9.17) is 0 Å². The predicted molar refractivity (Wildman–Crippen MR) is 65.2 cm³/mol. The third-order valence-electron chi connectivity index (χ3n) is 2.06. The van der Waals surface area contributed by atoms with Gasteiger partial charge < -0.3 is 4.18 Å². The maximum atomic E-state index is 13.0. The van der Waals surface area contributed by atoms with E-state index in [2.05, 4.69) is 4.18 Å². The molecule has 1 aromatic heterocycles. The second-order valence-corrected chi connectivity index (χ2v) is 6.06. The average molecular weight is 303 g/mol. The topological polar surface area (TPSA) is 86.5 Å². The first-order valence-corrected chi connectivity index (χ1v) is 7.11. The summed E-state index contributed by atoms with van der Waals surface area (Å²) in [5, 5.41) is 12.2. The number of rotatable bonds is 4. The quantitative estimate of drug-likeness (QED) is 0.492. The van der Waals surface area contributed by atoms with Crippen molar-refractivity contribution in [3.63, 3.8) is 0 Å². The van der Waals surface area contributed by atoms with Gasteiger partial charge in [0.1, 0.15) is 5.82 Å². The molecule has 0 saturated heterocycles. The number of hydrogen-bond donors (Lipinski definition) is 0. The van der Waals surface area contributed by atoms with Crippen LogP contribution in [0.2, 0.25) is 0 Å². The van der Waals surface area contributed by atoms with Gasteiger partial charge in [0.2, 0.25) is 5.75 Å². The lowest BCUT2D eigenvalue weighted by molar-refractivity contribution is -0.385. The molecular weight excluding hydrogens is 297 g/mol. The van der Waals surface area contributed by atoms with E-state index in [1.54, 1.807) is 0 Å². The Balaban J connectivity index is 2.44. The van der Waals surface area contributed by atoms with E-state index in [-0.39, 0.29) is 4.21 Å². The fourth-order valence-electron chi connectivity index (χ4n) is 1.27. The Hall–Kier alpha value is -2.00. The van der Waals surface area contributed by atoms with E-state index in [0.717, 1.165) is 23.5 Å². The van der Waals surface area contributed by atoms with Crippen molar-refractivity contribution in [2.24, 2.45) is 0 Å². The third-order valence-corrected chi connectivity index (χ3v) is 4.65. The third kappa shape index (κ3) is 2.88. The highest BCUT2D eigenvalue weighted by atomic mass is 32.3. The Morgan fingerprint density at radius 3 is 2.63 bits per heavy atom. The molecule has 1 aromatic carbocycles. The van der Waals surface area contributed by atoms with Crippen molar-refractivity contribution in [1.29, 1.82) is 0 Å². The molecule has 0 spiro atoms. The van der Waals surface area contributed by atoms with Gasteiger partial charge in [0.05, 0.1) is 4.92 Å². The van der Waals surface area contributed by atoms with Crippen LogP contribution in [0.15, 0.2) is 39.9 Å². The van der Waals surface area contributed by atoms with Crippen LogP contribution >= 0.6 is 11.3 Å². The molecule has 0 aliphatic carbocycles. The summed E-state index contributed by atoms with van der Waals surface area (Å²) in [4.78, 5) is 9.87. The molecule has 0 unspecified atom stereocenters. The zero-order valence-electron chi connectivity index (χ0n) is 9.15. The molecule has 0 saturated carbocycles. The molecule has 0 aliphatic rings. The first-order chi connectivity index (χ1) is 8.90. The second kappa shape index (κ2) is 4.94. The van der Waals surface area contributed by atoms with Crippen LogP contribution in [0.4, 0.5) is 10.1 Å². The summed E-state index contributed by atoms with van der Waals surface area (Å²) in [6, 6.07) is 5.12. The number of halogens is 1. The fraction of sp³-hybridized carbons (Fsp3) is 0. The van der Waals surface area contributed by atoms with Gasteiger partial charge in [-0.05, 0) is 17.5 Å². The summed E-state index contributed by atoms with van der Waals surface area (Å²) in [6.07, 6.45) is 0. The average Bonchev–Trinajstić information content (AvgIpc) is 2.81. The largest absolute Gasteiger partial charge is 0.371 e. The molecular formula is C10H6FNO5S2. The highest BCUT2D eigenvalue weighted by Crippen LogP contribution is 2.31. The molecule has 1 heterocycles. The van der Waals surface area contributed by atoms with Gasteiger partial charge in [-0.3, -0.25) is 10.1 Å². The minimum atomic E-state index is -4.20. The molecule has 0 N–H and O–H groups in total. The van der Waals surface area contributed by atoms with Gasteiger partial charge in [0, 0.05) is 12.1 Å². The fourth-order valence-corrected chi connectivity index (χ4v) is 3.16. The molecule has 2 rings (SSSR count). The first kappa shape index (κ1) is 13.4. The Bertz CT molecular complexity index is 712. The highest BCUT2D eigenvalue weighted by Gasteiger charge is 2.24. The van der Waals surface area contributed by atoms with Crippen LogP contribution in [0.1, 0.15) is 0 Å². The molecule has 19 heavy (non-hydrogen) atoms. The number of benzene rings is 1. The van der Waals surface area contributed by atoms with E-state index in [9.17, 15) is 22.9 Å². The SMILES string of the molecule is O=[N+]([O-])c1ccc(F)cc1OS(=O)(=O)c1cccs1. The summed E-state index contributed by atoms with van der Waals surface area (Å²) < 4.78 is 41.1. The minimum absolute atomic E-state index is 0.119. The smallest absolute Gasteiger partial charge is 0.349 e. The lowest BCUT2D eigenvalue weighted by Gasteiger charge is -2.05. The van der Waals surface area contributed by atoms with Crippen LogP contribution in [0.3, 0.4) is 0 Å². The lowest BCUT2D eigenvalue weighted by atomic mass is 10.3. The highest BCUT2D eigenvalue weighted by molar-refractivity contribution is 7.89. The number of thiophene rings is 1. The Labute approximate surface area is 111 Å². The maximum Gasteiger partial charge on any atom is 0.349 e. The molecule has 0 amide bonds. The van der Waals surface area contributed by atoms with Crippen molar-refractivity contribution in [1.82, 2.24) is 0 Å². The van der Waals surface area contributed by atoms with E-state index in [1.807, 2.05) is 0 Å². The van der Waals surface area contributed by atoms with Gasteiger partial charge in [-0.1, -0.05) is 6.07 Å². The van der Waals surface area contributed by atoms with E-state index in [1.165, 1.54) is 17.5 Å². The molecule has 2 aromatic rings. The van der Waals surface area contributed by atoms with Crippen molar-refractivity contribution < 1.29 is 21.9 Å². The summed E-state index contributed by atoms with van der Waals surface area (Å²) in [5.41, 5.74) is -0.624. The van der Waals surface area contributed by atoms with Crippen LogP contribution < -0.4 is 4.18 Å². The Morgan fingerprint density at radius 1 is 1.32 bits per heavy atom. The van der Waals surface area contributed by atoms with Crippen LogP contribution in [-0.2, 0) is 10.1 Å². The minimum Gasteiger partial charge on any atom is -0.371 e. The van der Waals surface area contributed by atoms with Crippen molar-refractivity contribution in [2.45, 2.75) is 4.21 Å². The first-order valence-electron chi connectivity index (χ1n) is 4.82. The van der Waals surface area contributed by atoms with Crippen molar-refractivity contribution in [2.75, 3.05) is 0 Å². The summed E-state index contributed by atoms with van der Waals surface area (Å²) in [6.45, 7) is 0. The standard InChI is InChI=1S/C10H6FNO5S2/c11-7-3-4-8(12(13)14)9(6-7)17-19(15,16)10-2-1-5-18-10/h1-6H. The van der Waals surface area contributed by atoms with Crippen LogP contribution in [0.5, 0.6) is 5.75 Å². The summed E-state index contributed by atoms with van der Waals surface area (Å²) >= 11 is 0.891. The molecule has 0 aliphatic heterocycles. The van der Waals surface area contributed by atoms with Gasteiger partial charge in [-0.15, -0.1) is 11.3 Å². The van der Waals surface area contributed by atoms with Gasteiger partial charge >= 0.3 is 15.8 Å². The van der Waals surface area contributed by atoms with Gasteiger partial charge in [0.15, 0.2) is 4.21 Å². The molecule has 9 heteroatoms. The lowest BCUT2D eigenvalue weighted by Crippen LogP contribution is -2.09. The monoisotopic (exact) mass is 303 g/mol. The zero-order valence-corrected chi connectivity index (χ0v) is 10.8. The van der Waals surface area contributed by atoms with Gasteiger partial charge in [-0.25, -0.2) is 4.39 Å². The number of hydrogen-bond acceptors (Lipinski definition) is 6. The molecule has 100 valence electrons. The molecule has 6 nitrogen and oxygen atoms in total. The van der Waals surface area contributed by atoms with E-state index in [0.29, 0.717) is 6.07 Å². The van der Waals surface area contributed by atoms with Crippen molar-refractivity contribution in [3.8, 4) is 5.75 Å². The number of nitrogens with zero attached hydrogens (tertiary/aromatic N) is 1. The predicted octanol–water partition coefficient (Wildman–Crippen LogP) is 2.56. The Morgan fingerprint density at radius 2 is 2.05 bits per heavy atom. The van der Waals surface area contributed by atoms with Gasteiger partial charge in [-0.2, -0.15) is 8.42 Å².